The predicted octanol–water partition coefficient (Wildman–Crippen LogP) is 7.96. The van der Waals surface area contributed by atoms with Crippen LogP contribution in [0.4, 0.5) is 0 Å². The molecule has 0 aliphatic heterocycles. The van der Waals surface area contributed by atoms with Gasteiger partial charge in [0.2, 0.25) is 0 Å². The van der Waals surface area contributed by atoms with Crippen LogP contribution in [0.25, 0.3) is 0 Å². The van der Waals surface area contributed by atoms with Gasteiger partial charge >= 0.3 is 0 Å². The van der Waals surface area contributed by atoms with Crippen LogP contribution in [0, 0.1) is 11.3 Å². The fourth-order valence-electron chi connectivity index (χ4n) is 3.33. The molecule has 148 valence electrons. The third-order valence-corrected chi connectivity index (χ3v) is 5.00. The highest BCUT2D eigenvalue weighted by molar-refractivity contribution is 4.66. The highest BCUT2D eigenvalue weighted by Crippen LogP contribution is 2.14. The van der Waals surface area contributed by atoms with Crippen LogP contribution in [0.3, 0.4) is 0 Å². The summed E-state index contributed by atoms with van der Waals surface area (Å²) in [6.07, 6.45) is 25.9. The Labute approximate surface area is 158 Å². The fourth-order valence-corrected chi connectivity index (χ4v) is 3.33. The van der Waals surface area contributed by atoms with E-state index >= 15 is 0 Å². The summed E-state index contributed by atoms with van der Waals surface area (Å²) in [6, 6.07) is 2.10. The summed E-state index contributed by atoms with van der Waals surface area (Å²) in [4.78, 5) is 0. The maximum absolute atomic E-state index is 8.39. The Morgan fingerprint density at radius 1 is 0.520 bits per heavy atom. The van der Waals surface area contributed by atoms with Crippen molar-refractivity contribution in [3.8, 4) is 6.07 Å². The fraction of sp³-hybridized carbons (Fsp3) is 0.957. The van der Waals surface area contributed by atoms with E-state index in [0.29, 0.717) is 13.0 Å². The van der Waals surface area contributed by atoms with E-state index in [1.165, 1.54) is 109 Å². The van der Waals surface area contributed by atoms with Crippen molar-refractivity contribution in [2.75, 3.05) is 13.2 Å². The van der Waals surface area contributed by atoms with Crippen LogP contribution in [0.1, 0.15) is 129 Å². The minimum atomic E-state index is 0.527. The molecule has 2 nitrogen and oxygen atoms in total. The minimum Gasteiger partial charge on any atom is -0.380 e. The first-order valence-electron chi connectivity index (χ1n) is 11.4. The maximum atomic E-state index is 8.39. The molecule has 0 aromatic heterocycles. The smallest absolute Gasteiger partial charge is 0.0645 e. The van der Waals surface area contributed by atoms with Crippen molar-refractivity contribution in [1.82, 2.24) is 0 Å². The monoisotopic (exact) mass is 351 g/mol. The van der Waals surface area contributed by atoms with Gasteiger partial charge in [-0.05, 0) is 6.42 Å². The number of nitriles is 1. The van der Waals surface area contributed by atoms with E-state index < -0.39 is 0 Å². The third-order valence-electron chi connectivity index (χ3n) is 5.00. The summed E-state index contributed by atoms with van der Waals surface area (Å²) in [6.45, 7) is 3.73. The molecule has 0 aliphatic carbocycles. The Hall–Kier alpha value is -0.550. The van der Waals surface area contributed by atoms with Crippen LogP contribution < -0.4 is 0 Å². The molecule has 0 fully saturated rings. The minimum absolute atomic E-state index is 0.527. The molecule has 0 saturated carbocycles. The van der Waals surface area contributed by atoms with Gasteiger partial charge in [-0.3, -0.25) is 0 Å². The van der Waals surface area contributed by atoms with Crippen LogP contribution in [-0.4, -0.2) is 13.2 Å². The standard InChI is InChI=1S/C23H45NO/c1-2-3-4-5-6-7-8-9-10-11-12-13-14-15-16-17-18-19-22-25-23-20-21-24/h2-20,22-23H2,1H3. The second kappa shape index (κ2) is 23.4. The van der Waals surface area contributed by atoms with Crippen molar-refractivity contribution in [3.63, 3.8) is 0 Å². The number of hydrogen-bond acceptors (Lipinski definition) is 2. The van der Waals surface area contributed by atoms with Crippen molar-refractivity contribution in [3.05, 3.63) is 0 Å². The number of hydrogen-bond donors (Lipinski definition) is 0. The van der Waals surface area contributed by atoms with E-state index in [1.54, 1.807) is 0 Å². The molecule has 0 heterocycles. The summed E-state index contributed by atoms with van der Waals surface area (Å²) in [7, 11) is 0. The first-order chi connectivity index (χ1) is 12.4. The number of rotatable bonds is 21. The van der Waals surface area contributed by atoms with Gasteiger partial charge in [0.05, 0.1) is 19.1 Å². The molecule has 0 aromatic carbocycles. The van der Waals surface area contributed by atoms with E-state index in [2.05, 4.69) is 13.0 Å². The number of nitrogens with zero attached hydrogens (tertiary/aromatic N) is 1. The SMILES string of the molecule is CCCCCCCCCCCCCCCCCCCCOCCC#N. The van der Waals surface area contributed by atoms with Crippen LogP contribution in [0.15, 0.2) is 0 Å². The first-order valence-corrected chi connectivity index (χ1v) is 11.4. The van der Waals surface area contributed by atoms with Crippen molar-refractivity contribution in [2.24, 2.45) is 0 Å². The Balaban J connectivity index is 2.95. The molecule has 0 spiro atoms. The molecular formula is C23H45NO. The van der Waals surface area contributed by atoms with E-state index in [-0.39, 0.29) is 0 Å². The molecule has 0 amide bonds. The zero-order valence-corrected chi connectivity index (χ0v) is 17.2. The van der Waals surface area contributed by atoms with Crippen LogP contribution in [0.2, 0.25) is 0 Å². The first kappa shape index (κ1) is 24.5. The molecule has 0 N–H and O–H groups in total. The number of ether oxygens (including phenoxy) is 1. The highest BCUT2D eigenvalue weighted by atomic mass is 16.5. The Morgan fingerprint density at radius 2 is 0.880 bits per heavy atom. The molecule has 2 heteroatoms. The van der Waals surface area contributed by atoms with Gasteiger partial charge in [-0.1, -0.05) is 116 Å². The van der Waals surface area contributed by atoms with Crippen LogP contribution >= 0.6 is 0 Å². The molecule has 25 heavy (non-hydrogen) atoms. The molecule has 0 atom stereocenters. The molecule has 0 aliphatic rings. The van der Waals surface area contributed by atoms with Crippen molar-refractivity contribution < 1.29 is 4.74 Å². The van der Waals surface area contributed by atoms with Gasteiger partial charge in [0, 0.05) is 6.61 Å². The summed E-state index contributed by atoms with van der Waals surface area (Å²) in [5, 5.41) is 8.39. The Bertz CT molecular complexity index is 272. The van der Waals surface area contributed by atoms with Crippen molar-refractivity contribution in [2.45, 2.75) is 129 Å². The van der Waals surface area contributed by atoms with E-state index in [9.17, 15) is 0 Å². The van der Waals surface area contributed by atoms with Crippen LogP contribution in [0.5, 0.6) is 0 Å². The second-order valence-electron chi connectivity index (χ2n) is 7.53. The predicted molar refractivity (Wildman–Crippen MR) is 110 cm³/mol. The summed E-state index contributed by atoms with van der Waals surface area (Å²) in [5.41, 5.74) is 0. The lowest BCUT2D eigenvalue weighted by atomic mass is 10.0. The topological polar surface area (TPSA) is 33.0 Å². The third kappa shape index (κ3) is 23.4. The Kier molecular flexibility index (Phi) is 22.9. The van der Waals surface area contributed by atoms with Gasteiger partial charge in [0.1, 0.15) is 0 Å². The zero-order chi connectivity index (χ0) is 18.3. The van der Waals surface area contributed by atoms with Crippen molar-refractivity contribution in [1.29, 1.82) is 5.26 Å². The van der Waals surface area contributed by atoms with E-state index in [0.717, 1.165) is 13.0 Å². The maximum Gasteiger partial charge on any atom is 0.0645 e. The molecule has 0 unspecified atom stereocenters. The van der Waals surface area contributed by atoms with Gasteiger partial charge < -0.3 is 4.74 Å². The summed E-state index contributed by atoms with van der Waals surface area (Å²) in [5.74, 6) is 0. The largest absolute Gasteiger partial charge is 0.380 e. The van der Waals surface area contributed by atoms with E-state index in [1.807, 2.05) is 0 Å². The molecule has 0 rings (SSSR count). The molecule has 0 saturated heterocycles. The summed E-state index contributed by atoms with van der Waals surface area (Å²) >= 11 is 0. The molecular weight excluding hydrogens is 306 g/mol. The normalized spacial score (nSPS) is 10.9. The van der Waals surface area contributed by atoms with Gasteiger partial charge in [0.15, 0.2) is 0 Å². The lowest BCUT2D eigenvalue weighted by molar-refractivity contribution is 0.135. The Morgan fingerprint density at radius 3 is 1.24 bits per heavy atom. The second-order valence-corrected chi connectivity index (χ2v) is 7.53. The average molecular weight is 352 g/mol. The van der Waals surface area contributed by atoms with Gasteiger partial charge in [-0.25, -0.2) is 0 Å². The molecule has 0 radical (unpaired) electrons. The number of unbranched alkanes of at least 4 members (excludes halogenated alkanes) is 17. The lowest BCUT2D eigenvalue weighted by Gasteiger charge is -2.04. The average Bonchev–Trinajstić information content (AvgIpc) is 2.63. The lowest BCUT2D eigenvalue weighted by Crippen LogP contribution is -1.95. The zero-order valence-electron chi connectivity index (χ0n) is 17.2. The van der Waals surface area contributed by atoms with Crippen molar-refractivity contribution >= 4 is 0 Å². The van der Waals surface area contributed by atoms with E-state index in [4.69, 9.17) is 10.00 Å². The summed E-state index contributed by atoms with van der Waals surface area (Å²) < 4.78 is 5.38. The molecule has 0 bridgehead atoms. The quantitative estimate of drug-likeness (QED) is 0.196. The van der Waals surface area contributed by atoms with Gasteiger partial charge in [-0.15, -0.1) is 0 Å². The van der Waals surface area contributed by atoms with Gasteiger partial charge in [0.25, 0.3) is 0 Å². The molecule has 0 aromatic rings. The van der Waals surface area contributed by atoms with Crippen LogP contribution in [-0.2, 0) is 4.74 Å². The highest BCUT2D eigenvalue weighted by Gasteiger charge is 1.95. The van der Waals surface area contributed by atoms with Gasteiger partial charge in [-0.2, -0.15) is 5.26 Å².